The number of imidazole rings is 1. The van der Waals surface area contributed by atoms with Gasteiger partial charge in [0.1, 0.15) is 11.9 Å². The van der Waals surface area contributed by atoms with Crippen LogP contribution in [0.2, 0.25) is 5.02 Å². The van der Waals surface area contributed by atoms with Crippen molar-refractivity contribution in [2.75, 3.05) is 0 Å². The number of nitrogens with zero attached hydrogens (tertiary/aromatic N) is 4. The van der Waals surface area contributed by atoms with Gasteiger partial charge < -0.3 is 13.8 Å². The number of benzene rings is 2. The maximum atomic E-state index is 13.1. The van der Waals surface area contributed by atoms with Crippen molar-refractivity contribution in [3.8, 4) is 23.0 Å². The Labute approximate surface area is 164 Å². The summed E-state index contributed by atoms with van der Waals surface area (Å²) in [5.74, 6) is 0.504. The van der Waals surface area contributed by atoms with Crippen LogP contribution in [-0.2, 0) is 17.9 Å². The lowest BCUT2D eigenvalue weighted by Gasteiger charge is -2.25. The highest BCUT2D eigenvalue weighted by atomic mass is 35.5. The van der Waals surface area contributed by atoms with Crippen molar-refractivity contribution in [3.63, 3.8) is 0 Å². The van der Waals surface area contributed by atoms with E-state index in [1.54, 1.807) is 30.6 Å². The highest BCUT2D eigenvalue weighted by Gasteiger charge is 2.26. The quantitative estimate of drug-likeness (QED) is 0.503. The Balaban J connectivity index is 1.42. The molecule has 0 N–H and O–H groups in total. The van der Waals surface area contributed by atoms with Crippen LogP contribution in [0.4, 0.5) is 4.39 Å². The smallest absolute Gasteiger partial charge is 0.278 e. The van der Waals surface area contributed by atoms with Crippen molar-refractivity contribution in [2.24, 2.45) is 0 Å². The van der Waals surface area contributed by atoms with Crippen molar-refractivity contribution < 1.29 is 13.7 Å². The van der Waals surface area contributed by atoms with Gasteiger partial charge in [-0.15, -0.1) is 0 Å². The monoisotopic (exact) mass is 396 g/mol. The van der Waals surface area contributed by atoms with Crippen LogP contribution in [0, 0.1) is 5.82 Å². The molecule has 0 bridgehead atoms. The summed E-state index contributed by atoms with van der Waals surface area (Å²) in [6, 6.07) is 13.6. The molecule has 0 saturated carbocycles. The predicted molar refractivity (Wildman–Crippen MR) is 99.9 cm³/mol. The number of hydrogen-bond acceptors (Lipinski definition) is 5. The van der Waals surface area contributed by atoms with E-state index < -0.39 is 0 Å². The molecule has 0 spiro atoms. The second-order valence-corrected chi connectivity index (χ2v) is 6.91. The van der Waals surface area contributed by atoms with Crippen LogP contribution in [0.1, 0.15) is 17.4 Å². The summed E-state index contributed by atoms with van der Waals surface area (Å²) in [5.41, 5.74) is 3.14. The van der Waals surface area contributed by atoms with Crippen LogP contribution in [0.5, 0.6) is 0 Å². The first-order chi connectivity index (χ1) is 13.7. The molecule has 0 unspecified atom stereocenters. The summed E-state index contributed by atoms with van der Waals surface area (Å²) in [4.78, 5) is 8.89. The van der Waals surface area contributed by atoms with Gasteiger partial charge in [0.2, 0.25) is 5.82 Å². The average Bonchev–Trinajstić information content (AvgIpc) is 3.35. The lowest BCUT2D eigenvalue weighted by molar-refractivity contribution is 0.00326. The van der Waals surface area contributed by atoms with Crippen LogP contribution in [0.25, 0.3) is 23.0 Å². The third-order valence-corrected chi connectivity index (χ3v) is 4.92. The molecule has 1 atom stereocenters. The Morgan fingerprint density at radius 2 is 2.00 bits per heavy atom. The average molecular weight is 397 g/mol. The molecule has 6 nitrogen and oxygen atoms in total. The molecule has 0 aliphatic carbocycles. The summed E-state index contributed by atoms with van der Waals surface area (Å²) in [6.45, 7) is 0.912. The fraction of sp³-hybridized carbons (Fsp3) is 0.150. The van der Waals surface area contributed by atoms with Gasteiger partial charge in [0.05, 0.1) is 25.2 Å². The minimum atomic E-state index is -0.267. The van der Waals surface area contributed by atoms with E-state index in [1.165, 1.54) is 12.1 Å². The molecule has 1 aliphatic rings. The molecular weight excluding hydrogens is 383 g/mol. The molecule has 0 fully saturated rings. The first-order valence-corrected chi connectivity index (χ1v) is 9.06. The van der Waals surface area contributed by atoms with Crippen LogP contribution in [0.3, 0.4) is 0 Å². The van der Waals surface area contributed by atoms with Crippen LogP contribution < -0.4 is 0 Å². The Hall–Kier alpha value is -3.03. The summed E-state index contributed by atoms with van der Waals surface area (Å²) < 4.78 is 26.5. The van der Waals surface area contributed by atoms with Crippen LogP contribution in [-0.4, -0.2) is 19.7 Å². The van der Waals surface area contributed by atoms with E-state index in [-0.39, 0.29) is 11.9 Å². The maximum absolute atomic E-state index is 13.1. The molecule has 2 aromatic heterocycles. The summed E-state index contributed by atoms with van der Waals surface area (Å²) >= 11 is 6.03. The molecule has 8 heteroatoms. The van der Waals surface area contributed by atoms with E-state index in [4.69, 9.17) is 20.9 Å². The third-order valence-electron chi connectivity index (χ3n) is 4.68. The van der Waals surface area contributed by atoms with Gasteiger partial charge in [0.25, 0.3) is 5.89 Å². The van der Waals surface area contributed by atoms with Crippen molar-refractivity contribution in [2.45, 2.75) is 19.3 Å². The molecule has 0 saturated heterocycles. The fourth-order valence-electron chi connectivity index (χ4n) is 3.25. The molecule has 1 aliphatic heterocycles. The zero-order valence-corrected chi connectivity index (χ0v) is 15.3. The topological polar surface area (TPSA) is 66.0 Å². The molecule has 3 heterocycles. The number of fused-ring (bicyclic) bond motifs is 1. The zero-order valence-electron chi connectivity index (χ0n) is 14.5. The maximum Gasteiger partial charge on any atom is 0.278 e. The molecule has 0 amide bonds. The zero-order chi connectivity index (χ0) is 19.1. The van der Waals surface area contributed by atoms with Gasteiger partial charge in [0, 0.05) is 10.6 Å². The fourth-order valence-corrected chi connectivity index (χ4v) is 3.44. The Morgan fingerprint density at radius 1 is 1.14 bits per heavy atom. The van der Waals surface area contributed by atoms with Crippen LogP contribution >= 0.6 is 11.6 Å². The van der Waals surface area contributed by atoms with Gasteiger partial charge in [-0.25, -0.2) is 9.37 Å². The normalized spacial score (nSPS) is 16.1. The first kappa shape index (κ1) is 17.1. The molecule has 0 radical (unpaired) electrons. The van der Waals surface area contributed by atoms with Gasteiger partial charge in [0.15, 0.2) is 5.69 Å². The predicted octanol–water partition coefficient (Wildman–Crippen LogP) is 4.66. The van der Waals surface area contributed by atoms with Crippen molar-refractivity contribution in [3.05, 3.63) is 77.0 Å². The minimum absolute atomic E-state index is 0.167. The standard InChI is InChI=1S/C20H14ClFN4O2/c21-14-3-1-2-13(8-14)19-24-20(28-25-19)18-16-10-27-17(9-26(16)11-23-18)12-4-6-15(22)7-5-12/h1-8,11,17H,9-10H2/t17-/m1/s1. The summed E-state index contributed by atoms with van der Waals surface area (Å²) in [6.07, 6.45) is 1.56. The second-order valence-electron chi connectivity index (χ2n) is 6.48. The van der Waals surface area contributed by atoms with Gasteiger partial charge in [-0.3, -0.25) is 0 Å². The molecule has 5 rings (SSSR count). The van der Waals surface area contributed by atoms with E-state index in [2.05, 4.69) is 15.1 Å². The third kappa shape index (κ3) is 3.08. The van der Waals surface area contributed by atoms with Crippen molar-refractivity contribution in [1.29, 1.82) is 0 Å². The number of hydrogen-bond donors (Lipinski definition) is 0. The van der Waals surface area contributed by atoms with Crippen LogP contribution in [0.15, 0.2) is 59.4 Å². The SMILES string of the molecule is Fc1ccc([C@H]2Cn3cnc(-c4nc(-c5cccc(Cl)c5)no4)c3CO2)cc1. The highest BCUT2D eigenvalue weighted by Crippen LogP contribution is 2.32. The summed E-state index contributed by atoms with van der Waals surface area (Å²) in [7, 11) is 0. The molecular formula is C20H14ClFN4O2. The van der Waals surface area contributed by atoms with Gasteiger partial charge in [-0.05, 0) is 29.8 Å². The van der Waals surface area contributed by atoms with E-state index in [9.17, 15) is 4.39 Å². The number of rotatable bonds is 3. The van der Waals surface area contributed by atoms with E-state index >= 15 is 0 Å². The lowest BCUT2D eigenvalue weighted by Crippen LogP contribution is -2.20. The largest absolute Gasteiger partial charge is 0.365 e. The van der Waals surface area contributed by atoms with Crippen molar-refractivity contribution >= 4 is 11.6 Å². The van der Waals surface area contributed by atoms with Crippen molar-refractivity contribution in [1.82, 2.24) is 19.7 Å². The number of aromatic nitrogens is 4. The highest BCUT2D eigenvalue weighted by molar-refractivity contribution is 6.30. The van der Waals surface area contributed by atoms with Gasteiger partial charge >= 0.3 is 0 Å². The number of ether oxygens (including phenoxy) is 1. The first-order valence-electron chi connectivity index (χ1n) is 8.68. The molecule has 2 aromatic carbocycles. The van der Waals surface area contributed by atoms with E-state index in [0.29, 0.717) is 35.6 Å². The number of halogens is 2. The molecule has 28 heavy (non-hydrogen) atoms. The van der Waals surface area contributed by atoms with E-state index in [0.717, 1.165) is 16.8 Å². The Bertz CT molecular complexity index is 1140. The second kappa shape index (κ2) is 6.85. The lowest BCUT2D eigenvalue weighted by atomic mass is 10.1. The van der Waals surface area contributed by atoms with Gasteiger partial charge in [-0.1, -0.05) is 41.0 Å². The molecule has 140 valence electrons. The minimum Gasteiger partial charge on any atom is -0.365 e. The Morgan fingerprint density at radius 3 is 2.82 bits per heavy atom. The van der Waals surface area contributed by atoms with E-state index in [1.807, 2.05) is 16.7 Å². The summed E-state index contributed by atoms with van der Waals surface area (Å²) in [5, 5.41) is 4.63. The molecule has 4 aromatic rings. The Kier molecular flexibility index (Phi) is 4.18. The van der Waals surface area contributed by atoms with Gasteiger partial charge in [-0.2, -0.15) is 4.98 Å².